The number of oxime groups is 1. The third-order valence-corrected chi connectivity index (χ3v) is 3.79. The highest BCUT2D eigenvalue weighted by atomic mass is 32.2. The van der Waals surface area contributed by atoms with Crippen LogP contribution in [0.1, 0.15) is 33.3 Å². The maximum absolute atomic E-state index is 5.53. The summed E-state index contributed by atoms with van der Waals surface area (Å²) in [5.74, 6) is 0. The third-order valence-electron chi connectivity index (χ3n) is 2.70. The maximum atomic E-state index is 5.53. The number of nitrogens with zero attached hydrogens (tertiary/aromatic N) is 1. The second-order valence-electron chi connectivity index (χ2n) is 5.79. The second kappa shape index (κ2) is 6.81. The smallest absolute Gasteiger partial charge is 0.129 e. The highest BCUT2D eigenvalue weighted by Gasteiger charge is 2.12. The van der Waals surface area contributed by atoms with Crippen LogP contribution in [-0.4, -0.2) is 11.3 Å². The van der Waals surface area contributed by atoms with E-state index in [1.807, 2.05) is 45.9 Å². The standard InChI is InChI=1S/C18H21NOS/c1-14(19-20-18(2,3)4)16-12-8-9-13-17(16)21-15-10-6-5-7-11-15/h5-13H,1-4H3/b19-14+. The Kier molecular flexibility index (Phi) is 5.07. The molecule has 2 rings (SSSR count). The van der Waals surface area contributed by atoms with Crippen molar-refractivity contribution in [2.24, 2.45) is 5.16 Å². The van der Waals surface area contributed by atoms with Crippen LogP contribution in [0.2, 0.25) is 0 Å². The van der Waals surface area contributed by atoms with Crippen LogP contribution in [0.25, 0.3) is 0 Å². The molecule has 2 aromatic carbocycles. The molecule has 0 amide bonds. The first kappa shape index (κ1) is 15.6. The lowest BCUT2D eigenvalue weighted by Crippen LogP contribution is -2.16. The molecule has 0 bridgehead atoms. The summed E-state index contributed by atoms with van der Waals surface area (Å²) >= 11 is 1.74. The van der Waals surface area contributed by atoms with Crippen molar-refractivity contribution in [3.8, 4) is 0 Å². The Balaban J connectivity index is 2.24. The van der Waals surface area contributed by atoms with E-state index in [4.69, 9.17) is 4.84 Å². The van der Waals surface area contributed by atoms with Gasteiger partial charge in [0.15, 0.2) is 0 Å². The third kappa shape index (κ3) is 4.94. The van der Waals surface area contributed by atoms with Crippen LogP contribution in [0.4, 0.5) is 0 Å². The van der Waals surface area contributed by atoms with Gasteiger partial charge in [-0.15, -0.1) is 0 Å². The van der Waals surface area contributed by atoms with Crippen molar-refractivity contribution in [1.29, 1.82) is 0 Å². The first-order valence-corrected chi connectivity index (χ1v) is 7.82. The summed E-state index contributed by atoms with van der Waals surface area (Å²) in [6.07, 6.45) is 0. The average Bonchev–Trinajstić information content (AvgIpc) is 2.46. The molecule has 0 aliphatic heterocycles. The summed E-state index contributed by atoms with van der Waals surface area (Å²) in [6.45, 7) is 7.97. The van der Waals surface area contributed by atoms with Gasteiger partial charge in [-0.05, 0) is 45.9 Å². The maximum Gasteiger partial charge on any atom is 0.129 e. The molecule has 0 saturated carbocycles. The Morgan fingerprint density at radius 3 is 2.24 bits per heavy atom. The zero-order chi connectivity index (χ0) is 15.3. The lowest BCUT2D eigenvalue weighted by atomic mass is 10.1. The van der Waals surface area contributed by atoms with Crippen LogP contribution in [0.15, 0.2) is 69.5 Å². The molecule has 0 atom stereocenters. The molecule has 0 N–H and O–H groups in total. The summed E-state index contributed by atoms with van der Waals surface area (Å²) in [7, 11) is 0. The molecule has 0 spiro atoms. The van der Waals surface area contributed by atoms with Gasteiger partial charge in [0.25, 0.3) is 0 Å². The van der Waals surface area contributed by atoms with Crippen molar-refractivity contribution in [3.63, 3.8) is 0 Å². The van der Waals surface area contributed by atoms with Gasteiger partial charge in [0.05, 0.1) is 5.71 Å². The number of benzene rings is 2. The van der Waals surface area contributed by atoms with Crippen LogP contribution < -0.4 is 0 Å². The average molecular weight is 299 g/mol. The Hall–Kier alpha value is -1.74. The SMILES string of the molecule is C/C(=N\OC(C)(C)C)c1ccccc1Sc1ccccc1. The minimum atomic E-state index is -0.275. The normalized spacial score (nSPS) is 12.3. The quantitative estimate of drug-likeness (QED) is 0.558. The summed E-state index contributed by atoms with van der Waals surface area (Å²) in [5.41, 5.74) is 1.72. The fourth-order valence-corrected chi connectivity index (χ4v) is 2.74. The second-order valence-corrected chi connectivity index (χ2v) is 6.91. The molecule has 2 aromatic rings. The van der Waals surface area contributed by atoms with E-state index < -0.39 is 0 Å². The van der Waals surface area contributed by atoms with Gasteiger partial charge in [-0.2, -0.15) is 0 Å². The molecule has 2 nitrogen and oxygen atoms in total. The lowest BCUT2D eigenvalue weighted by Gasteiger charge is -2.17. The molecular weight excluding hydrogens is 278 g/mol. The minimum absolute atomic E-state index is 0.275. The highest BCUT2D eigenvalue weighted by molar-refractivity contribution is 7.99. The fraction of sp³-hybridized carbons (Fsp3) is 0.278. The van der Waals surface area contributed by atoms with Crippen LogP contribution in [0.3, 0.4) is 0 Å². The van der Waals surface area contributed by atoms with Crippen LogP contribution in [0, 0.1) is 0 Å². The summed E-state index contributed by atoms with van der Waals surface area (Å²) < 4.78 is 0. The van der Waals surface area contributed by atoms with E-state index >= 15 is 0 Å². The zero-order valence-corrected chi connectivity index (χ0v) is 13.8. The largest absolute Gasteiger partial charge is 0.390 e. The predicted molar refractivity (Wildman–Crippen MR) is 90.1 cm³/mol. The molecule has 0 unspecified atom stereocenters. The van der Waals surface area contributed by atoms with Gasteiger partial charge in [-0.1, -0.05) is 53.3 Å². The van der Waals surface area contributed by atoms with Crippen molar-refractivity contribution in [2.45, 2.75) is 43.1 Å². The molecule has 0 aromatic heterocycles. The van der Waals surface area contributed by atoms with E-state index in [2.05, 4.69) is 41.6 Å². The number of rotatable bonds is 4. The highest BCUT2D eigenvalue weighted by Crippen LogP contribution is 2.30. The van der Waals surface area contributed by atoms with Gasteiger partial charge < -0.3 is 4.84 Å². The molecule has 21 heavy (non-hydrogen) atoms. The summed E-state index contributed by atoms with van der Waals surface area (Å²) in [6, 6.07) is 18.6. The van der Waals surface area contributed by atoms with Gasteiger partial charge in [0.1, 0.15) is 5.60 Å². The van der Waals surface area contributed by atoms with Gasteiger partial charge in [0.2, 0.25) is 0 Å². The zero-order valence-electron chi connectivity index (χ0n) is 13.0. The van der Waals surface area contributed by atoms with Gasteiger partial charge in [0, 0.05) is 15.4 Å². The van der Waals surface area contributed by atoms with Crippen molar-refractivity contribution < 1.29 is 4.84 Å². The van der Waals surface area contributed by atoms with Crippen LogP contribution in [0.5, 0.6) is 0 Å². The van der Waals surface area contributed by atoms with Crippen LogP contribution >= 0.6 is 11.8 Å². The predicted octanol–water partition coefficient (Wildman–Crippen LogP) is 5.38. The Morgan fingerprint density at radius 2 is 1.57 bits per heavy atom. The Labute approximate surface area is 131 Å². The number of hydrogen-bond acceptors (Lipinski definition) is 3. The van der Waals surface area contributed by atoms with E-state index in [1.165, 1.54) is 9.79 Å². The first-order chi connectivity index (χ1) is 9.96. The first-order valence-electron chi connectivity index (χ1n) is 7.01. The van der Waals surface area contributed by atoms with Gasteiger partial charge in [-0.25, -0.2) is 0 Å². The van der Waals surface area contributed by atoms with E-state index in [9.17, 15) is 0 Å². The molecule has 0 fully saturated rings. The molecule has 3 heteroatoms. The molecule has 110 valence electrons. The molecule has 0 radical (unpaired) electrons. The Bertz CT molecular complexity index is 615. The molecule has 0 aliphatic carbocycles. The molecule has 0 heterocycles. The number of hydrogen-bond donors (Lipinski definition) is 0. The van der Waals surface area contributed by atoms with E-state index in [1.54, 1.807) is 11.8 Å². The van der Waals surface area contributed by atoms with Crippen molar-refractivity contribution in [3.05, 3.63) is 60.2 Å². The van der Waals surface area contributed by atoms with E-state index in [-0.39, 0.29) is 5.60 Å². The Morgan fingerprint density at radius 1 is 0.952 bits per heavy atom. The van der Waals surface area contributed by atoms with Crippen molar-refractivity contribution in [2.75, 3.05) is 0 Å². The molecular formula is C18H21NOS. The summed E-state index contributed by atoms with van der Waals surface area (Å²) in [5, 5.41) is 4.27. The fourth-order valence-electron chi connectivity index (χ4n) is 1.72. The topological polar surface area (TPSA) is 21.6 Å². The monoisotopic (exact) mass is 299 g/mol. The van der Waals surface area contributed by atoms with Crippen molar-refractivity contribution in [1.82, 2.24) is 0 Å². The van der Waals surface area contributed by atoms with Crippen molar-refractivity contribution >= 4 is 17.5 Å². The van der Waals surface area contributed by atoms with Crippen LogP contribution in [-0.2, 0) is 4.84 Å². The van der Waals surface area contributed by atoms with E-state index in [0.29, 0.717) is 0 Å². The molecule has 0 aliphatic rings. The van der Waals surface area contributed by atoms with E-state index in [0.717, 1.165) is 11.3 Å². The van der Waals surface area contributed by atoms with Gasteiger partial charge in [-0.3, -0.25) is 0 Å². The molecule has 0 saturated heterocycles. The lowest BCUT2D eigenvalue weighted by molar-refractivity contribution is 0.000933. The summed E-state index contributed by atoms with van der Waals surface area (Å²) in [4.78, 5) is 7.93. The minimum Gasteiger partial charge on any atom is -0.390 e. The van der Waals surface area contributed by atoms with Gasteiger partial charge >= 0.3 is 0 Å².